The van der Waals surface area contributed by atoms with Gasteiger partial charge in [0.25, 0.3) is 0 Å². The van der Waals surface area contributed by atoms with Crippen LogP contribution in [0.15, 0.2) is 42.5 Å². The Balaban J connectivity index is 1.85. The number of esters is 1. The number of hydrogen-bond acceptors (Lipinski definition) is 3. The molecule has 0 saturated carbocycles. The smallest absolute Gasteiger partial charge is 0.340 e. The number of carbonyl (C=O) groups excluding carboxylic acids is 1. The topological polar surface area (TPSA) is 44.1 Å². The van der Waals surface area contributed by atoms with Crippen molar-refractivity contribution in [2.24, 2.45) is 0 Å². The molecule has 24 heavy (non-hydrogen) atoms. The Morgan fingerprint density at radius 3 is 2.71 bits per heavy atom. The Hall–Kier alpha value is -2.54. The lowest BCUT2D eigenvalue weighted by Gasteiger charge is -2.09. The largest absolute Gasteiger partial charge is 0.454 e. The van der Waals surface area contributed by atoms with E-state index in [4.69, 9.17) is 16.3 Å². The third-order valence-electron chi connectivity index (χ3n) is 3.35. The van der Waals surface area contributed by atoms with E-state index in [0.29, 0.717) is 10.1 Å². The molecule has 1 aromatic heterocycles. The second-order valence-corrected chi connectivity index (χ2v) is 5.27. The number of hydrogen-bond donors (Lipinski definition) is 0. The molecule has 0 atom stereocenters. The lowest BCUT2D eigenvalue weighted by atomic mass is 10.2. The number of halogens is 4. The van der Waals surface area contributed by atoms with Gasteiger partial charge in [0, 0.05) is 0 Å². The van der Waals surface area contributed by atoms with Gasteiger partial charge in [0.05, 0.1) is 21.6 Å². The van der Waals surface area contributed by atoms with Gasteiger partial charge >= 0.3 is 12.5 Å². The summed E-state index contributed by atoms with van der Waals surface area (Å²) in [6.45, 7) is -3.30. The SMILES string of the molecule is O=C(OCc1nc2ccccc2n1C(F)F)c1ccc(F)cc1Cl. The Kier molecular flexibility index (Phi) is 4.44. The van der Waals surface area contributed by atoms with Crippen LogP contribution in [-0.2, 0) is 11.3 Å². The van der Waals surface area contributed by atoms with Gasteiger partial charge in [0.15, 0.2) is 5.82 Å². The Bertz CT molecular complexity index is 911. The van der Waals surface area contributed by atoms with E-state index in [1.807, 2.05) is 0 Å². The fourth-order valence-corrected chi connectivity index (χ4v) is 2.52. The van der Waals surface area contributed by atoms with E-state index in [9.17, 15) is 18.0 Å². The first-order valence-corrected chi connectivity index (χ1v) is 7.21. The van der Waals surface area contributed by atoms with E-state index < -0.39 is 24.9 Å². The van der Waals surface area contributed by atoms with Gasteiger partial charge in [-0.05, 0) is 30.3 Å². The number of imidazole rings is 1. The van der Waals surface area contributed by atoms with Crippen molar-refractivity contribution < 1.29 is 22.7 Å². The molecule has 0 bridgehead atoms. The van der Waals surface area contributed by atoms with Crippen molar-refractivity contribution >= 4 is 28.6 Å². The predicted molar refractivity (Wildman–Crippen MR) is 81.5 cm³/mol. The number of carbonyl (C=O) groups is 1. The Morgan fingerprint density at radius 2 is 2.00 bits per heavy atom. The molecule has 1 heterocycles. The number of aromatic nitrogens is 2. The molecule has 0 aliphatic heterocycles. The highest BCUT2D eigenvalue weighted by molar-refractivity contribution is 6.33. The van der Waals surface area contributed by atoms with Crippen molar-refractivity contribution in [1.82, 2.24) is 9.55 Å². The average Bonchev–Trinajstić information content (AvgIpc) is 2.91. The molecule has 0 fully saturated rings. The van der Waals surface area contributed by atoms with E-state index in [0.717, 1.165) is 18.2 Å². The maximum Gasteiger partial charge on any atom is 0.340 e. The summed E-state index contributed by atoms with van der Waals surface area (Å²) in [6, 6.07) is 9.53. The number of benzene rings is 2. The first-order valence-electron chi connectivity index (χ1n) is 6.83. The molecule has 3 aromatic rings. The molecule has 124 valence electrons. The van der Waals surface area contributed by atoms with Gasteiger partial charge in [-0.25, -0.2) is 14.2 Å². The molecule has 0 radical (unpaired) electrons. The van der Waals surface area contributed by atoms with E-state index in [1.165, 1.54) is 6.07 Å². The summed E-state index contributed by atoms with van der Waals surface area (Å²) in [5, 5.41) is -0.123. The van der Waals surface area contributed by atoms with Crippen molar-refractivity contribution in [3.05, 3.63) is 64.7 Å². The summed E-state index contributed by atoms with van der Waals surface area (Å²) in [5.41, 5.74) is 0.541. The summed E-state index contributed by atoms with van der Waals surface area (Å²) in [5.74, 6) is -1.55. The Morgan fingerprint density at radius 1 is 1.25 bits per heavy atom. The molecule has 0 spiro atoms. The quantitative estimate of drug-likeness (QED) is 0.644. The first kappa shape index (κ1) is 16.3. The number of alkyl halides is 2. The van der Waals surface area contributed by atoms with Gasteiger partial charge < -0.3 is 4.74 Å². The van der Waals surface area contributed by atoms with E-state index in [2.05, 4.69) is 4.98 Å². The van der Waals surface area contributed by atoms with E-state index in [1.54, 1.807) is 18.2 Å². The highest BCUT2D eigenvalue weighted by Gasteiger charge is 2.20. The van der Waals surface area contributed by atoms with Crippen molar-refractivity contribution in [3.63, 3.8) is 0 Å². The van der Waals surface area contributed by atoms with Crippen LogP contribution in [0, 0.1) is 5.82 Å². The standard InChI is InChI=1S/C16H10ClF3N2O2/c17-11-7-9(18)5-6-10(11)15(23)24-8-14-21-12-3-1-2-4-13(12)22(14)16(19)20/h1-7,16H,8H2. The van der Waals surface area contributed by atoms with Crippen molar-refractivity contribution in [2.45, 2.75) is 13.2 Å². The van der Waals surface area contributed by atoms with Crippen LogP contribution in [0.1, 0.15) is 22.7 Å². The van der Waals surface area contributed by atoms with Crippen molar-refractivity contribution in [3.8, 4) is 0 Å². The zero-order valence-corrected chi connectivity index (χ0v) is 12.8. The number of rotatable bonds is 4. The second kappa shape index (κ2) is 6.52. The molecule has 0 aliphatic rings. The lowest BCUT2D eigenvalue weighted by Crippen LogP contribution is -2.11. The average molecular weight is 355 g/mol. The molecule has 0 unspecified atom stereocenters. The van der Waals surface area contributed by atoms with Crippen LogP contribution in [0.3, 0.4) is 0 Å². The predicted octanol–water partition coefficient (Wildman–Crippen LogP) is 4.58. The minimum Gasteiger partial charge on any atom is -0.454 e. The van der Waals surface area contributed by atoms with E-state index in [-0.39, 0.29) is 21.9 Å². The molecule has 3 rings (SSSR count). The molecule has 0 saturated heterocycles. The summed E-state index contributed by atoms with van der Waals surface area (Å²) < 4.78 is 45.2. The fraction of sp³-hybridized carbons (Fsp3) is 0.125. The molecule has 4 nitrogen and oxygen atoms in total. The van der Waals surface area contributed by atoms with Crippen LogP contribution in [0.4, 0.5) is 13.2 Å². The summed E-state index contributed by atoms with van der Waals surface area (Å²) in [4.78, 5) is 16.0. The highest BCUT2D eigenvalue weighted by atomic mass is 35.5. The normalized spacial score (nSPS) is 11.2. The van der Waals surface area contributed by atoms with Crippen LogP contribution in [0.5, 0.6) is 0 Å². The maximum absolute atomic E-state index is 13.3. The van der Waals surface area contributed by atoms with Crippen molar-refractivity contribution in [1.29, 1.82) is 0 Å². The number of fused-ring (bicyclic) bond motifs is 1. The fourth-order valence-electron chi connectivity index (χ4n) is 2.28. The van der Waals surface area contributed by atoms with Gasteiger partial charge in [-0.2, -0.15) is 8.78 Å². The molecule has 2 aromatic carbocycles. The van der Waals surface area contributed by atoms with Crippen LogP contribution in [0.2, 0.25) is 5.02 Å². The van der Waals surface area contributed by atoms with Crippen LogP contribution < -0.4 is 0 Å². The van der Waals surface area contributed by atoms with Gasteiger partial charge in [-0.1, -0.05) is 23.7 Å². The molecular weight excluding hydrogens is 345 g/mol. The zero-order valence-electron chi connectivity index (χ0n) is 12.0. The summed E-state index contributed by atoms with van der Waals surface area (Å²) >= 11 is 5.77. The second-order valence-electron chi connectivity index (χ2n) is 4.86. The summed E-state index contributed by atoms with van der Waals surface area (Å²) in [7, 11) is 0. The minimum atomic E-state index is -2.83. The van der Waals surface area contributed by atoms with Crippen molar-refractivity contribution in [2.75, 3.05) is 0 Å². The molecular formula is C16H10ClF3N2O2. The number of ether oxygens (including phenoxy) is 1. The van der Waals surface area contributed by atoms with Gasteiger partial charge in [-0.3, -0.25) is 4.57 Å². The van der Waals surface area contributed by atoms with Gasteiger partial charge in [0.2, 0.25) is 0 Å². The van der Waals surface area contributed by atoms with E-state index >= 15 is 0 Å². The molecule has 0 N–H and O–H groups in total. The lowest BCUT2D eigenvalue weighted by molar-refractivity contribution is 0.0387. The van der Waals surface area contributed by atoms with Gasteiger partial charge in [-0.15, -0.1) is 0 Å². The number of para-hydroxylation sites is 2. The number of nitrogens with zero attached hydrogens (tertiary/aromatic N) is 2. The monoisotopic (exact) mass is 354 g/mol. The highest BCUT2D eigenvalue weighted by Crippen LogP contribution is 2.24. The third kappa shape index (κ3) is 3.07. The third-order valence-corrected chi connectivity index (χ3v) is 3.66. The molecule has 8 heteroatoms. The van der Waals surface area contributed by atoms with Crippen LogP contribution in [0.25, 0.3) is 11.0 Å². The Labute approximate surface area is 139 Å². The molecule has 0 amide bonds. The maximum atomic E-state index is 13.3. The molecule has 0 aliphatic carbocycles. The summed E-state index contributed by atoms with van der Waals surface area (Å²) in [6.07, 6.45) is 0. The van der Waals surface area contributed by atoms with Gasteiger partial charge in [0.1, 0.15) is 12.4 Å². The van der Waals surface area contributed by atoms with Crippen LogP contribution >= 0.6 is 11.6 Å². The van der Waals surface area contributed by atoms with Crippen LogP contribution in [-0.4, -0.2) is 15.5 Å². The minimum absolute atomic E-state index is 0.0576. The zero-order chi connectivity index (χ0) is 17.3. The first-order chi connectivity index (χ1) is 11.5.